The summed E-state index contributed by atoms with van der Waals surface area (Å²) in [5.41, 5.74) is 0. The van der Waals surface area contributed by atoms with Crippen molar-refractivity contribution in [1.29, 1.82) is 0 Å². The third-order valence-corrected chi connectivity index (χ3v) is 0. The second kappa shape index (κ2) is 26.4. The number of hydrogen-bond donors (Lipinski definition) is 0. The molecule has 0 fully saturated rings. The Bertz CT molecular complexity index is 11.7. The Morgan fingerprint density at radius 3 is 0.714 bits per heavy atom. The maximum atomic E-state index is 8.24. The zero-order valence-electron chi connectivity index (χ0n) is 2.89. The molecule has 0 saturated heterocycles. The summed E-state index contributed by atoms with van der Waals surface area (Å²) in [7, 11) is 0. The molecule has 0 aliphatic heterocycles. The van der Waals surface area contributed by atoms with Crippen LogP contribution in [0.5, 0.6) is 0 Å². The predicted octanol–water partition coefficient (Wildman–Crippen LogP) is -5.14. The van der Waals surface area contributed by atoms with E-state index in [-0.39, 0.29) is 27.3 Å². The van der Waals surface area contributed by atoms with Gasteiger partial charge in [-0.05, 0) is 0 Å². The first kappa shape index (κ1) is 15.8. The van der Waals surface area contributed by atoms with E-state index in [1.807, 2.05) is 0 Å². The van der Waals surface area contributed by atoms with Crippen molar-refractivity contribution in [3.05, 3.63) is 0 Å². The van der Waals surface area contributed by atoms with E-state index < -0.39 is 22.7 Å². The molecule has 7 heteroatoms. The van der Waals surface area contributed by atoms with Crippen LogP contribution in [0.25, 0.3) is 0 Å². The van der Waals surface area contributed by atoms with Gasteiger partial charge in [0.2, 0.25) is 0 Å². The van der Waals surface area contributed by atoms with E-state index in [1.165, 1.54) is 0 Å². The molecule has 0 rings (SSSR count). The Hall–Kier alpha value is 1.34. The van der Waals surface area contributed by atoms with Gasteiger partial charge < -0.3 is 18.6 Å². The maximum absolute atomic E-state index is 8.24. The molecule has 0 N–H and O–H groups in total. The molecule has 0 aliphatic rings. The monoisotopic (exact) mass is 342 g/mol. The molecule has 2 radical (unpaired) electrons. The van der Waals surface area contributed by atoms with Crippen LogP contribution in [-0.2, 0) is 0 Å². The minimum atomic E-state index is -0.417. The second-order valence-corrected chi connectivity index (χ2v) is 0.378. The van der Waals surface area contributed by atoms with Crippen molar-refractivity contribution in [3.63, 3.8) is 0 Å². The molecule has 0 saturated carbocycles. The van der Waals surface area contributed by atoms with E-state index in [9.17, 15) is 0 Å². The molecule has 0 bridgehead atoms. The van der Waals surface area contributed by atoms with Gasteiger partial charge in [-0.3, -0.25) is 0 Å². The number of hydrogen-bond acceptors (Lipinski definition) is 4. The van der Waals surface area contributed by atoms with Crippen molar-refractivity contribution < 1.29 is 41.3 Å². The second-order valence-electron chi connectivity index (χ2n) is 0.126. The molecule has 0 aliphatic carbocycles. The van der Waals surface area contributed by atoms with Crippen LogP contribution in [0, 0.1) is 22.7 Å². The molecular weight excluding hydrogens is 342 g/mol. The fraction of sp³-hybridized carbons (Fsp3) is 0. The topological polar surface area (TPSA) is 92.2 Å². The van der Waals surface area contributed by atoms with Crippen LogP contribution in [-0.4, -0.2) is 27.3 Å². The van der Waals surface area contributed by atoms with Gasteiger partial charge in [-0.1, -0.05) is 0 Å². The average Bonchev–Trinajstić information content (AvgIpc) is 1.39. The fourth-order valence-corrected chi connectivity index (χ4v) is 0. The molecule has 0 atom stereocenters. The standard InChI is InChI=1S/2ClO2.Pb/c2*2-1-3;/q2*-1;+2. The van der Waals surface area contributed by atoms with Crippen LogP contribution >= 0.6 is 0 Å². The van der Waals surface area contributed by atoms with E-state index in [0.29, 0.717) is 0 Å². The van der Waals surface area contributed by atoms with Crippen molar-refractivity contribution in [1.82, 2.24) is 0 Å². The van der Waals surface area contributed by atoms with Gasteiger partial charge in [-0.2, -0.15) is 0 Å². The van der Waals surface area contributed by atoms with E-state index in [0.717, 1.165) is 0 Å². The fourth-order valence-electron chi connectivity index (χ4n) is 0. The molecule has 42 valence electrons. The minimum absolute atomic E-state index is 0. The largest absolute Gasteiger partial charge is 2.00 e. The third-order valence-electron chi connectivity index (χ3n) is 0. The van der Waals surface area contributed by atoms with Gasteiger partial charge >= 0.3 is 27.3 Å². The van der Waals surface area contributed by atoms with E-state index >= 15 is 0 Å². The van der Waals surface area contributed by atoms with Gasteiger partial charge in [0.25, 0.3) is 0 Å². The summed E-state index contributed by atoms with van der Waals surface area (Å²) >= 11 is -0.833. The summed E-state index contributed by atoms with van der Waals surface area (Å²) < 4.78 is 32.9. The van der Waals surface area contributed by atoms with Crippen molar-refractivity contribution in [2.45, 2.75) is 0 Å². The molecule has 0 aromatic carbocycles. The van der Waals surface area contributed by atoms with Gasteiger partial charge in [0.15, 0.2) is 0 Å². The number of rotatable bonds is 0. The first-order valence-corrected chi connectivity index (χ1v) is 1.85. The first-order valence-electron chi connectivity index (χ1n) is 0.617. The predicted molar refractivity (Wildman–Crippen MR) is 5.75 cm³/mol. The van der Waals surface area contributed by atoms with Gasteiger partial charge in [0.05, 0.1) is 22.7 Å². The van der Waals surface area contributed by atoms with E-state index in [4.69, 9.17) is 18.6 Å². The van der Waals surface area contributed by atoms with Crippen molar-refractivity contribution in [2.24, 2.45) is 0 Å². The molecule has 0 aromatic rings. The Balaban J connectivity index is -0.0000000400. The summed E-state index contributed by atoms with van der Waals surface area (Å²) in [5, 5.41) is 0. The molecular formula is Cl2O4Pb. The Morgan fingerprint density at radius 2 is 0.714 bits per heavy atom. The summed E-state index contributed by atoms with van der Waals surface area (Å²) in [6.07, 6.45) is 0. The number of halogens is 2. The SMILES string of the molecule is [O-][Cl+][O-].[O-][Cl+][O-].[Pb+2]. The van der Waals surface area contributed by atoms with Crippen molar-refractivity contribution in [3.8, 4) is 0 Å². The van der Waals surface area contributed by atoms with Crippen LogP contribution in [0.2, 0.25) is 0 Å². The Labute approximate surface area is 68.4 Å². The summed E-state index contributed by atoms with van der Waals surface area (Å²) in [5.74, 6) is 0. The minimum Gasteiger partial charge on any atom is -0.544 e. The average molecular weight is 342 g/mol. The van der Waals surface area contributed by atoms with Crippen molar-refractivity contribution in [2.75, 3.05) is 0 Å². The third kappa shape index (κ3) is 116. The molecule has 0 unspecified atom stereocenters. The zero-order chi connectivity index (χ0) is 5.41. The first-order chi connectivity index (χ1) is 2.83. The molecule has 0 spiro atoms. The summed E-state index contributed by atoms with van der Waals surface area (Å²) in [6.45, 7) is 0. The van der Waals surface area contributed by atoms with Gasteiger partial charge in [0, 0.05) is 0 Å². The normalized spacial score (nSPS) is 5.14. The molecule has 4 nitrogen and oxygen atoms in total. The van der Waals surface area contributed by atoms with Crippen LogP contribution in [0.3, 0.4) is 0 Å². The van der Waals surface area contributed by atoms with E-state index in [1.54, 1.807) is 0 Å². The smallest absolute Gasteiger partial charge is 0.544 e. The Morgan fingerprint density at radius 1 is 0.714 bits per heavy atom. The van der Waals surface area contributed by atoms with E-state index in [2.05, 4.69) is 0 Å². The van der Waals surface area contributed by atoms with Gasteiger partial charge in [0.1, 0.15) is 0 Å². The molecule has 0 heterocycles. The summed E-state index contributed by atoms with van der Waals surface area (Å²) in [4.78, 5) is 0. The molecule has 0 amide bonds. The van der Waals surface area contributed by atoms with Crippen LogP contribution in [0.1, 0.15) is 0 Å². The molecule has 7 heavy (non-hydrogen) atoms. The quantitative estimate of drug-likeness (QED) is 0.412. The maximum Gasteiger partial charge on any atom is 2.00 e. The van der Waals surface area contributed by atoms with Crippen molar-refractivity contribution >= 4 is 27.3 Å². The zero-order valence-corrected chi connectivity index (χ0v) is 8.29. The van der Waals surface area contributed by atoms with Crippen LogP contribution < -0.4 is 18.6 Å². The van der Waals surface area contributed by atoms with Crippen LogP contribution in [0.15, 0.2) is 0 Å². The summed E-state index contributed by atoms with van der Waals surface area (Å²) in [6, 6.07) is 0. The van der Waals surface area contributed by atoms with Gasteiger partial charge in [-0.25, -0.2) is 0 Å². The molecule has 0 aromatic heterocycles. The van der Waals surface area contributed by atoms with Crippen LogP contribution in [0.4, 0.5) is 0 Å². The Kier molecular flexibility index (Phi) is 59.5. The van der Waals surface area contributed by atoms with Gasteiger partial charge in [-0.15, -0.1) is 0 Å².